The van der Waals surface area contributed by atoms with Gasteiger partial charge in [-0.1, -0.05) is 19.9 Å². The summed E-state index contributed by atoms with van der Waals surface area (Å²) in [7, 11) is 0. The first kappa shape index (κ1) is 20.1. The second-order valence-electron chi connectivity index (χ2n) is 5.30. The average Bonchev–Trinajstić information content (AvgIpc) is 2.33. The van der Waals surface area contributed by atoms with Crippen LogP contribution >= 0.6 is 12.4 Å². The minimum atomic E-state index is -4.73. The Morgan fingerprint density at radius 2 is 1.76 bits per heavy atom. The predicted molar refractivity (Wildman–Crippen MR) is 75.7 cm³/mol. The molecule has 122 valence electrons. The number of hydrogen-bond acceptors (Lipinski definition) is 2. The number of alkyl halides is 3. The van der Waals surface area contributed by atoms with Crippen molar-refractivity contribution in [2.75, 3.05) is 0 Å². The second kappa shape index (κ2) is 7.96. The number of halogens is 5. The Kier molecular flexibility index (Phi) is 7.64. The molecule has 2 nitrogen and oxygen atoms in total. The summed E-state index contributed by atoms with van der Waals surface area (Å²) < 4.78 is 50.7. The number of rotatable bonds is 5. The van der Waals surface area contributed by atoms with Crippen molar-refractivity contribution in [1.29, 1.82) is 0 Å². The van der Waals surface area contributed by atoms with E-state index in [1.165, 1.54) is 0 Å². The fraction of sp³-hybridized carbons (Fsp3) is 0.571. The maximum Gasteiger partial charge on any atom is 0.419 e. The number of aliphatic hydroxyl groups excluding tert-OH is 1. The van der Waals surface area contributed by atoms with Crippen molar-refractivity contribution in [3.63, 3.8) is 0 Å². The maximum atomic E-state index is 13.4. The Hall–Kier alpha value is -0.850. The molecule has 0 aromatic heterocycles. The molecule has 0 saturated carbocycles. The van der Waals surface area contributed by atoms with Gasteiger partial charge in [0.25, 0.3) is 0 Å². The average molecular weight is 330 g/mol. The van der Waals surface area contributed by atoms with Gasteiger partial charge < -0.3 is 10.8 Å². The molecular formula is C14H20ClF4NO. The largest absolute Gasteiger partial charge is 0.419 e. The molecule has 0 amide bonds. The van der Waals surface area contributed by atoms with Gasteiger partial charge in [0, 0.05) is 0 Å². The van der Waals surface area contributed by atoms with Crippen LogP contribution in [-0.4, -0.2) is 11.2 Å². The molecule has 0 aliphatic heterocycles. The minimum absolute atomic E-state index is 0. The lowest BCUT2D eigenvalue weighted by molar-refractivity contribution is -0.140. The number of hydrogen-bond donors (Lipinski definition) is 2. The van der Waals surface area contributed by atoms with E-state index in [1.807, 2.05) is 13.8 Å². The van der Waals surface area contributed by atoms with Gasteiger partial charge in [-0.05, 0) is 36.5 Å². The molecular weight excluding hydrogens is 310 g/mol. The first-order chi connectivity index (χ1) is 9.12. The van der Waals surface area contributed by atoms with Gasteiger partial charge in [-0.25, -0.2) is 4.39 Å². The molecule has 0 aliphatic rings. The summed E-state index contributed by atoms with van der Waals surface area (Å²) in [5.74, 6) is -0.997. The van der Waals surface area contributed by atoms with Crippen LogP contribution < -0.4 is 5.73 Å². The lowest BCUT2D eigenvalue weighted by atomic mass is 9.95. The smallest absolute Gasteiger partial charge is 0.391 e. The lowest BCUT2D eigenvalue weighted by Crippen LogP contribution is -2.27. The predicted octanol–water partition coefficient (Wildman–Crippen LogP) is 4.06. The SMILES string of the molecule is CC(C)CC[C@H](O)[C@H](N)c1ccc(C(F)(F)F)c(F)c1.Cl. The molecule has 21 heavy (non-hydrogen) atoms. The van der Waals surface area contributed by atoms with Gasteiger partial charge in [-0.15, -0.1) is 12.4 Å². The molecule has 0 spiro atoms. The van der Waals surface area contributed by atoms with Gasteiger partial charge in [0.15, 0.2) is 0 Å². The molecule has 7 heteroatoms. The van der Waals surface area contributed by atoms with Gasteiger partial charge in [-0.3, -0.25) is 0 Å². The van der Waals surface area contributed by atoms with Crippen molar-refractivity contribution in [1.82, 2.24) is 0 Å². The second-order valence-corrected chi connectivity index (χ2v) is 5.30. The van der Waals surface area contributed by atoms with Crippen molar-refractivity contribution in [2.45, 2.75) is 45.0 Å². The standard InChI is InChI=1S/C14H19F4NO.ClH/c1-8(2)3-6-12(20)13(19)9-4-5-10(11(15)7-9)14(16,17)18;/h4-5,7-8,12-13,20H,3,6,19H2,1-2H3;1H/t12-,13+;/m0./s1. The number of aliphatic hydroxyl groups is 1. The molecule has 0 radical (unpaired) electrons. The first-order valence-corrected chi connectivity index (χ1v) is 6.43. The molecule has 0 bridgehead atoms. The van der Waals surface area contributed by atoms with Gasteiger partial charge in [0.1, 0.15) is 5.82 Å². The first-order valence-electron chi connectivity index (χ1n) is 6.43. The summed E-state index contributed by atoms with van der Waals surface area (Å²) in [4.78, 5) is 0. The van der Waals surface area contributed by atoms with E-state index in [4.69, 9.17) is 5.73 Å². The van der Waals surface area contributed by atoms with Gasteiger partial charge in [0.2, 0.25) is 0 Å². The summed E-state index contributed by atoms with van der Waals surface area (Å²) in [6, 6.07) is 1.60. The molecule has 0 aliphatic carbocycles. The number of nitrogens with two attached hydrogens (primary N) is 1. The Morgan fingerprint density at radius 1 is 1.19 bits per heavy atom. The molecule has 3 N–H and O–H groups in total. The Morgan fingerprint density at radius 3 is 2.19 bits per heavy atom. The molecule has 1 aromatic rings. The van der Waals surface area contributed by atoms with Crippen LogP contribution in [0.1, 0.15) is 43.9 Å². The van der Waals surface area contributed by atoms with Crippen molar-refractivity contribution in [3.05, 3.63) is 35.1 Å². The zero-order valence-electron chi connectivity index (χ0n) is 11.8. The molecule has 0 unspecified atom stereocenters. The van der Waals surface area contributed by atoms with Crippen molar-refractivity contribution >= 4 is 12.4 Å². The van der Waals surface area contributed by atoms with Crippen LogP contribution in [0.3, 0.4) is 0 Å². The molecule has 1 aromatic carbocycles. The van der Waals surface area contributed by atoms with E-state index in [2.05, 4.69) is 0 Å². The Bertz CT molecular complexity index is 451. The fourth-order valence-electron chi connectivity index (χ4n) is 1.87. The van der Waals surface area contributed by atoms with Crippen molar-refractivity contribution < 1.29 is 22.7 Å². The highest BCUT2D eigenvalue weighted by molar-refractivity contribution is 5.85. The topological polar surface area (TPSA) is 46.2 Å². The van der Waals surface area contributed by atoms with Crippen LogP contribution in [0.2, 0.25) is 0 Å². The molecule has 2 atom stereocenters. The zero-order valence-corrected chi connectivity index (χ0v) is 12.6. The lowest BCUT2D eigenvalue weighted by Gasteiger charge is -2.20. The van der Waals surface area contributed by atoms with Crippen molar-refractivity contribution in [3.8, 4) is 0 Å². The summed E-state index contributed by atoms with van der Waals surface area (Å²) in [6.45, 7) is 3.96. The van der Waals surface area contributed by atoms with E-state index in [-0.39, 0.29) is 18.0 Å². The highest BCUT2D eigenvalue weighted by Crippen LogP contribution is 2.32. The summed E-state index contributed by atoms with van der Waals surface area (Å²) in [5.41, 5.74) is 4.59. The zero-order chi connectivity index (χ0) is 15.5. The molecule has 0 fully saturated rings. The van der Waals surface area contributed by atoms with Gasteiger partial charge >= 0.3 is 6.18 Å². The van der Waals surface area contributed by atoms with Crippen LogP contribution in [0.5, 0.6) is 0 Å². The van der Waals surface area contributed by atoms with Crippen LogP contribution in [0, 0.1) is 11.7 Å². The minimum Gasteiger partial charge on any atom is -0.391 e. The normalized spacial score (nSPS) is 14.7. The van der Waals surface area contributed by atoms with E-state index < -0.39 is 29.7 Å². The summed E-state index contributed by atoms with van der Waals surface area (Å²) in [5, 5.41) is 9.87. The Labute approximate surface area is 127 Å². The summed E-state index contributed by atoms with van der Waals surface area (Å²) in [6.07, 6.45) is -4.49. The van der Waals surface area contributed by atoms with Crippen LogP contribution in [0.4, 0.5) is 17.6 Å². The summed E-state index contributed by atoms with van der Waals surface area (Å²) >= 11 is 0. The van der Waals surface area contributed by atoms with E-state index in [0.29, 0.717) is 18.4 Å². The van der Waals surface area contributed by atoms with E-state index >= 15 is 0 Å². The third-order valence-corrected chi connectivity index (χ3v) is 3.14. The van der Waals surface area contributed by atoms with Gasteiger partial charge in [-0.2, -0.15) is 13.2 Å². The fourth-order valence-corrected chi connectivity index (χ4v) is 1.87. The highest BCUT2D eigenvalue weighted by Gasteiger charge is 2.34. The van der Waals surface area contributed by atoms with Crippen LogP contribution in [0.15, 0.2) is 18.2 Å². The van der Waals surface area contributed by atoms with Crippen LogP contribution in [-0.2, 0) is 6.18 Å². The monoisotopic (exact) mass is 329 g/mol. The van der Waals surface area contributed by atoms with E-state index in [9.17, 15) is 22.7 Å². The third-order valence-electron chi connectivity index (χ3n) is 3.14. The highest BCUT2D eigenvalue weighted by atomic mass is 35.5. The third kappa shape index (κ3) is 5.80. The number of benzene rings is 1. The maximum absolute atomic E-state index is 13.4. The van der Waals surface area contributed by atoms with E-state index in [1.54, 1.807) is 0 Å². The Balaban J connectivity index is 0.00000400. The molecule has 0 heterocycles. The quantitative estimate of drug-likeness (QED) is 0.800. The van der Waals surface area contributed by atoms with Crippen molar-refractivity contribution in [2.24, 2.45) is 11.7 Å². The van der Waals surface area contributed by atoms with Crippen LogP contribution in [0.25, 0.3) is 0 Å². The molecule has 0 saturated heterocycles. The van der Waals surface area contributed by atoms with E-state index in [0.717, 1.165) is 18.6 Å². The molecule has 1 rings (SSSR count). The van der Waals surface area contributed by atoms with Gasteiger partial charge in [0.05, 0.1) is 17.7 Å².